The van der Waals surface area contributed by atoms with E-state index in [1.165, 1.54) is 19.2 Å². The van der Waals surface area contributed by atoms with Crippen LogP contribution in [0.4, 0.5) is 13.2 Å². The van der Waals surface area contributed by atoms with Crippen molar-refractivity contribution in [3.63, 3.8) is 0 Å². The van der Waals surface area contributed by atoms with Crippen molar-refractivity contribution in [1.82, 2.24) is 14.7 Å². The Balaban J connectivity index is 0.00000148. The summed E-state index contributed by atoms with van der Waals surface area (Å²) in [6, 6.07) is 19.1. The van der Waals surface area contributed by atoms with Crippen molar-refractivity contribution in [1.29, 1.82) is 0 Å². The molecule has 0 aliphatic heterocycles. The summed E-state index contributed by atoms with van der Waals surface area (Å²) in [6.07, 6.45) is -2.09. The van der Waals surface area contributed by atoms with Gasteiger partial charge in [0.05, 0.1) is 12.1 Å². The number of nitrogens with two attached hydrogens (primary N) is 1. The largest absolute Gasteiger partial charge is 0.457 e. The Labute approximate surface area is 203 Å². The van der Waals surface area contributed by atoms with Gasteiger partial charge in [-0.2, -0.15) is 18.2 Å². The summed E-state index contributed by atoms with van der Waals surface area (Å²) in [4.78, 5) is 15.2. The molecule has 0 saturated heterocycles. The summed E-state index contributed by atoms with van der Waals surface area (Å²) in [5.74, 6) is 0.123. The van der Waals surface area contributed by atoms with Crippen LogP contribution in [0.5, 0.6) is 11.5 Å². The van der Waals surface area contributed by atoms with Gasteiger partial charge in [-0.25, -0.2) is 0 Å². The molecule has 0 radical (unpaired) electrons. The highest BCUT2D eigenvalue weighted by atomic mass is 19.4. The highest BCUT2D eigenvalue weighted by Gasteiger charge is 2.35. The first-order chi connectivity index (χ1) is 17.4. The average molecular weight is 494 g/mol. The molecule has 0 aliphatic carbocycles. The van der Waals surface area contributed by atoms with Gasteiger partial charge in [0.2, 0.25) is 5.82 Å². The Morgan fingerprint density at radius 1 is 1.03 bits per heavy atom. The Morgan fingerprint density at radius 3 is 2.53 bits per heavy atom. The molecule has 0 spiro atoms. The predicted octanol–water partition coefficient (Wildman–Crippen LogP) is 5.94. The van der Waals surface area contributed by atoms with E-state index in [2.05, 4.69) is 15.9 Å². The quantitative estimate of drug-likeness (QED) is 0.293. The number of carbonyl (C=O) groups excluding carboxylic acids is 1. The van der Waals surface area contributed by atoms with Crippen molar-refractivity contribution in [2.45, 2.75) is 12.7 Å². The van der Waals surface area contributed by atoms with Gasteiger partial charge >= 0.3 is 6.18 Å². The van der Waals surface area contributed by atoms with E-state index in [1.54, 1.807) is 53.2 Å². The van der Waals surface area contributed by atoms with Crippen molar-refractivity contribution >= 4 is 17.2 Å². The molecule has 7 nitrogen and oxygen atoms in total. The van der Waals surface area contributed by atoms with Crippen molar-refractivity contribution in [3.8, 4) is 34.3 Å². The van der Waals surface area contributed by atoms with Gasteiger partial charge in [-0.05, 0) is 49.5 Å². The first-order valence-electron chi connectivity index (χ1n) is 10.8. The van der Waals surface area contributed by atoms with Crippen LogP contribution in [0.1, 0.15) is 5.56 Å². The minimum atomic E-state index is -4.66. The summed E-state index contributed by atoms with van der Waals surface area (Å²) in [6.45, 7) is 0.196. The van der Waals surface area contributed by atoms with Crippen LogP contribution in [0, 0.1) is 0 Å². The predicted molar refractivity (Wildman–Crippen MR) is 128 cm³/mol. The summed E-state index contributed by atoms with van der Waals surface area (Å²) >= 11 is 0. The van der Waals surface area contributed by atoms with Gasteiger partial charge in [0.25, 0.3) is 5.89 Å². The van der Waals surface area contributed by atoms with Crippen molar-refractivity contribution in [2.24, 2.45) is 5.73 Å². The summed E-state index contributed by atoms with van der Waals surface area (Å²) in [5, 5.41) is 4.76. The molecule has 0 bridgehead atoms. The van der Waals surface area contributed by atoms with Crippen LogP contribution >= 0.6 is 0 Å². The molecule has 10 heteroatoms. The van der Waals surface area contributed by atoms with Crippen LogP contribution in [0.25, 0.3) is 33.7 Å². The summed E-state index contributed by atoms with van der Waals surface area (Å²) < 4.78 is 53.9. The van der Waals surface area contributed by atoms with Crippen molar-refractivity contribution in [2.75, 3.05) is 7.05 Å². The number of ether oxygens (including phenoxy) is 1. The van der Waals surface area contributed by atoms with Crippen LogP contribution in [0.2, 0.25) is 0 Å². The summed E-state index contributed by atoms with van der Waals surface area (Å²) in [7, 11) is 1.50. The number of alkyl halides is 3. The molecule has 0 atom stereocenters. The molecular weight excluding hydrogens is 473 g/mol. The van der Waals surface area contributed by atoms with Crippen LogP contribution in [0.3, 0.4) is 0 Å². The van der Waals surface area contributed by atoms with Crippen LogP contribution in [-0.2, 0) is 17.5 Å². The van der Waals surface area contributed by atoms with Gasteiger partial charge in [0, 0.05) is 28.2 Å². The number of hydrogen-bond acceptors (Lipinski definition) is 6. The third-order valence-corrected chi connectivity index (χ3v) is 5.25. The third-order valence-electron chi connectivity index (χ3n) is 5.25. The molecule has 184 valence electrons. The van der Waals surface area contributed by atoms with Gasteiger partial charge in [-0.1, -0.05) is 35.5 Å². The van der Waals surface area contributed by atoms with E-state index in [-0.39, 0.29) is 35.3 Å². The molecule has 0 aliphatic rings. The molecule has 5 aromatic rings. The number of carbonyl (C=O) groups is 1. The molecule has 2 heterocycles. The van der Waals surface area contributed by atoms with E-state index < -0.39 is 11.7 Å². The molecule has 5 rings (SSSR count). The maximum Gasteiger partial charge on any atom is 0.420 e. The number of para-hydroxylation sites is 1. The Bertz CT molecular complexity index is 1480. The lowest BCUT2D eigenvalue weighted by Gasteiger charge is -2.14. The molecule has 2 N–H and O–H groups in total. The van der Waals surface area contributed by atoms with E-state index in [9.17, 15) is 18.0 Å². The third kappa shape index (κ3) is 4.98. The fourth-order valence-electron chi connectivity index (χ4n) is 3.70. The number of aromatic nitrogens is 3. The fraction of sp³-hybridized carbons (Fsp3) is 0.115. The van der Waals surface area contributed by atoms with Gasteiger partial charge in [-0.15, -0.1) is 0 Å². The number of aldehydes is 1. The van der Waals surface area contributed by atoms with Gasteiger partial charge < -0.3 is 24.4 Å². The zero-order valence-corrected chi connectivity index (χ0v) is 19.1. The second-order valence-electron chi connectivity index (χ2n) is 7.42. The van der Waals surface area contributed by atoms with E-state index in [0.29, 0.717) is 5.56 Å². The van der Waals surface area contributed by atoms with E-state index >= 15 is 0 Å². The number of fused-ring (bicyclic) bond motifs is 1. The van der Waals surface area contributed by atoms with Crippen molar-refractivity contribution < 1.29 is 27.2 Å². The highest BCUT2D eigenvalue weighted by molar-refractivity contribution is 5.94. The maximum absolute atomic E-state index is 13.8. The molecule has 0 unspecified atom stereocenters. The zero-order valence-electron chi connectivity index (χ0n) is 19.1. The normalized spacial score (nSPS) is 11.1. The topological polar surface area (TPSA) is 96.2 Å². The SMILES string of the molecule is CN.O=CCn1ccc2c(-c3noc(-c4ccc(Oc5ccccc5)c(C(F)(F)F)c4)n3)cccc21. The number of hydrogen-bond donors (Lipinski definition) is 1. The number of benzene rings is 3. The van der Waals surface area contributed by atoms with Crippen molar-refractivity contribution in [3.05, 3.63) is 84.6 Å². The summed E-state index contributed by atoms with van der Waals surface area (Å²) in [5.41, 5.74) is 5.09. The van der Waals surface area contributed by atoms with Crippen LogP contribution in [-0.4, -0.2) is 28.0 Å². The number of halogens is 3. The lowest BCUT2D eigenvalue weighted by atomic mass is 10.1. The first kappa shape index (κ1) is 24.7. The number of nitrogens with zero attached hydrogens (tertiary/aromatic N) is 3. The minimum Gasteiger partial charge on any atom is -0.457 e. The van der Waals surface area contributed by atoms with Crippen LogP contribution in [0.15, 0.2) is 83.5 Å². The fourth-order valence-corrected chi connectivity index (χ4v) is 3.70. The van der Waals surface area contributed by atoms with E-state index in [1.807, 2.05) is 12.1 Å². The van der Waals surface area contributed by atoms with E-state index in [4.69, 9.17) is 9.26 Å². The number of rotatable bonds is 6. The Morgan fingerprint density at radius 2 is 1.81 bits per heavy atom. The second kappa shape index (κ2) is 10.4. The van der Waals surface area contributed by atoms with Gasteiger partial charge in [0.15, 0.2) is 0 Å². The second-order valence-corrected chi connectivity index (χ2v) is 7.42. The monoisotopic (exact) mass is 494 g/mol. The molecule has 2 aromatic heterocycles. The lowest BCUT2D eigenvalue weighted by molar-refractivity contribution is -0.138. The van der Waals surface area contributed by atoms with Crippen LogP contribution < -0.4 is 10.5 Å². The maximum atomic E-state index is 13.8. The molecule has 0 amide bonds. The zero-order chi connectivity index (χ0) is 25.7. The minimum absolute atomic E-state index is 0.0592. The highest BCUT2D eigenvalue weighted by Crippen LogP contribution is 2.40. The lowest BCUT2D eigenvalue weighted by Crippen LogP contribution is -2.07. The molecule has 3 aromatic carbocycles. The molecule has 36 heavy (non-hydrogen) atoms. The van der Waals surface area contributed by atoms with E-state index in [0.717, 1.165) is 23.3 Å². The average Bonchev–Trinajstić information content (AvgIpc) is 3.54. The Hall–Kier alpha value is -4.44. The van der Waals surface area contributed by atoms with Gasteiger partial charge in [0.1, 0.15) is 17.8 Å². The molecule has 0 saturated carbocycles. The van der Waals surface area contributed by atoms with Gasteiger partial charge in [-0.3, -0.25) is 0 Å². The standard InChI is InChI=1S/C25H16F3N3O3.CH5N/c26-25(27,28)20-15-16(9-10-22(20)33-17-5-2-1-3-6-17)24-29-23(30-34-24)19-7-4-8-21-18(19)11-12-31(21)13-14-32;1-2/h1-12,14-15H,13H2;2H2,1H3. The Kier molecular flexibility index (Phi) is 7.16. The molecular formula is C26H21F3N4O3. The smallest absolute Gasteiger partial charge is 0.420 e. The molecule has 0 fully saturated rings. The first-order valence-corrected chi connectivity index (χ1v) is 10.8.